The summed E-state index contributed by atoms with van der Waals surface area (Å²) in [7, 11) is -3.82. The summed E-state index contributed by atoms with van der Waals surface area (Å²) in [4.78, 5) is -0.0211. The number of aromatic nitrogens is 2. The van der Waals surface area contributed by atoms with Gasteiger partial charge in [0.15, 0.2) is 0 Å². The van der Waals surface area contributed by atoms with Crippen molar-refractivity contribution in [1.29, 1.82) is 0 Å². The molecule has 108 valence electrons. The summed E-state index contributed by atoms with van der Waals surface area (Å²) in [5.41, 5.74) is 5.98. The monoisotopic (exact) mass is 314 g/mol. The average molecular weight is 314 g/mol. The fraction of sp³-hybridized carbons (Fsp3) is 0.273. The van der Waals surface area contributed by atoms with Gasteiger partial charge in [-0.15, -0.1) is 10.2 Å². The molecule has 0 amide bonds. The van der Waals surface area contributed by atoms with Gasteiger partial charge in [0.25, 0.3) is 10.0 Å². The molecule has 0 radical (unpaired) electrons. The standard InChI is InChI=1S/C11H14N4O3S2/c1-3-18-9-5-4-8(12)6-10(9)20(16,17)15-11-14-13-7(2)19-11/h4-6H,3,12H2,1-2H3,(H,14,15). The van der Waals surface area contributed by atoms with Crippen LogP contribution < -0.4 is 15.2 Å². The first-order valence-electron chi connectivity index (χ1n) is 5.77. The second-order valence-corrected chi connectivity index (χ2v) is 6.70. The molecule has 0 aliphatic carbocycles. The maximum atomic E-state index is 12.4. The lowest BCUT2D eigenvalue weighted by atomic mass is 10.3. The van der Waals surface area contributed by atoms with Crippen molar-refractivity contribution in [2.45, 2.75) is 18.7 Å². The zero-order valence-electron chi connectivity index (χ0n) is 11.0. The molecule has 1 heterocycles. The predicted octanol–water partition coefficient (Wildman–Crippen LogP) is 1.63. The molecule has 7 nitrogen and oxygen atoms in total. The molecule has 0 saturated carbocycles. The van der Waals surface area contributed by atoms with Crippen molar-refractivity contribution in [2.75, 3.05) is 17.1 Å². The Bertz CT molecular complexity index is 712. The second kappa shape index (κ2) is 5.63. The van der Waals surface area contributed by atoms with E-state index in [-0.39, 0.29) is 15.8 Å². The van der Waals surface area contributed by atoms with Crippen molar-refractivity contribution in [3.63, 3.8) is 0 Å². The van der Waals surface area contributed by atoms with E-state index in [1.807, 2.05) is 0 Å². The molecule has 3 N–H and O–H groups in total. The largest absolute Gasteiger partial charge is 0.492 e. The van der Waals surface area contributed by atoms with Gasteiger partial charge in [0.05, 0.1) is 6.61 Å². The molecule has 1 aromatic carbocycles. The van der Waals surface area contributed by atoms with Crippen LogP contribution in [0.2, 0.25) is 0 Å². The Morgan fingerprint density at radius 1 is 1.40 bits per heavy atom. The summed E-state index contributed by atoms with van der Waals surface area (Å²) in [5, 5.41) is 8.36. The van der Waals surface area contributed by atoms with Gasteiger partial charge in [0.1, 0.15) is 15.7 Å². The summed E-state index contributed by atoms with van der Waals surface area (Å²) in [5.74, 6) is 0.246. The fourth-order valence-electron chi connectivity index (χ4n) is 1.52. The van der Waals surface area contributed by atoms with Gasteiger partial charge in [-0.25, -0.2) is 8.42 Å². The maximum Gasteiger partial charge on any atom is 0.267 e. The Morgan fingerprint density at radius 2 is 2.15 bits per heavy atom. The topological polar surface area (TPSA) is 107 Å². The normalized spacial score (nSPS) is 11.3. The van der Waals surface area contributed by atoms with E-state index in [9.17, 15) is 8.42 Å². The molecule has 9 heteroatoms. The Balaban J connectivity index is 2.40. The third-order valence-electron chi connectivity index (χ3n) is 2.30. The molecule has 20 heavy (non-hydrogen) atoms. The Labute approximate surface area is 120 Å². The van der Waals surface area contributed by atoms with Crippen LogP contribution in [0.3, 0.4) is 0 Å². The van der Waals surface area contributed by atoms with Crippen LogP contribution in [0, 0.1) is 6.92 Å². The number of nitrogens with two attached hydrogens (primary N) is 1. The summed E-state index contributed by atoms with van der Waals surface area (Å²) in [6, 6.07) is 4.46. The highest BCUT2D eigenvalue weighted by Crippen LogP contribution is 2.28. The van der Waals surface area contributed by atoms with Crippen LogP contribution in [0.25, 0.3) is 0 Å². The summed E-state index contributed by atoms with van der Waals surface area (Å²) in [6.45, 7) is 3.86. The summed E-state index contributed by atoms with van der Waals surface area (Å²) < 4.78 is 32.4. The Morgan fingerprint density at radius 3 is 2.75 bits per heavy atom. The first-order valence-corrected chi connectivity index (χ1v) is 8.07. The van der Waals surface area contributed by atoms with Crippen molar-refractivity contribution >= 4 is 32.2 Å². The minimum absolute atomic E-state index is 0.0211. The smallest absolute Gasteiger partial charge is 0.267 e. The zero-order chi connectivity index (χ0) is 14.8. The Kier molecular flexibility index (Phi) is 4.09. The summed E-state index contributed by atoms with van der Waals surface area (Å²) in [6.07, 6.45) is 0. The van der Waals surface area contributed by atoms with E-state index in [4.69, 9.17) is 10.5 Å². The molecule has 1 aromatic heterocycles. The predicted molar refractivity (Wildman–Crippen MR) is 77.5 cm³/mol. The van der Waals surface area contributed by atoms with E-state index in [0.717, 1.165) is 11.3 Å². The molecule has 0 unspecified atom stereocenters. The van der Waals surface area contributed by atoms with Gasteiger partial charge in [0, 0.05) is 5.69 Å². The molecular formula is C11H14N4O3S2. The minimum Gasteiger partial charge on any atom is -0.492 e. The number of nitrogen functional groups attached to an aromatic ring is 1. The van der Waals surface area contributed by atoms with Gasteiger partial charge in [-0.3, -0.25) is 4.72 Å². The molecule has 0 atom stereocenters. The summed E-state index contributed by atoms with van der Waals surface area (Å²) >= 11 is 1.15. The van der Waals surface area contributed by atoms with Crippen LogP contribution >= 0.6 is 11.3 Å². The lowest BCUT2D eigenvalue weighted by molar-refractivity contribution is 0.331. The van der Waals surface area contributed by atoms with Gasteiger partial charge >= 0.3 is 0 Å². The van der Waals surface area contributed by atoms with Crippen LogP contribution in [-0.4, -0.2) is 25.2 Å². The van der Waals surface area contributed by atoms with E-state index in [1.165, 1.54) is 12.1 Å². The number of anilines is 2. The average Bonchev–Trinajstić information content (AvgIpc) is 2.76. The molecule has 2 aromatic rings. The number of hydrogen-bond donors (Lipinski definition) is 2. The highest BCUT2D eigenvalue weighted by Gasteiger charge is 2.21. The minimum atomic E-state index is -3.82. The number of nitrogens with zero attached hydrogens (tertiary/aromatic N) is 2. The van der Waals surface area contributed by atoms with E-state index < -0.39 is 10.0 Å². The number of sulfonamides is 1. The number of nitrogens with one attached hydrogen (secondary N) is 1. The van der Waals surface area contributed by atoms with Gasteiger partial charge in [-0.05, 0) is 32.0 Å². The molecule has 0 spiro atoms. The van der Waals surface area contributed by atoms with Crippen LogP contribution in [0.15, 0.2) is 23.1 Å². The molecule has 2 rings (SSSR count). The van der Waals surface area contributed by atoms with Crippen molar-refractivity contribution in [1.82, 2.24) is 10.2 Å². The van der Waals surface area contributed by atoms with Crippen molar-refractivity contribution < 1.29 is 13.2 Å². The van der Waals surface area contributed by atoms with E-state index in [2.05, 4.69) is 14.9 Å². The molecular weight excluding hydrogens is 300 g/mol. The SMILES string of the molecule is CCOc1ccc(N)cc1S(=O)(=O)Nc1nnc(C)s1. The molecule has 0 fully saturated rings. The lowest BCUT2D eigenvalue weighted by Gasteiger charge is -2.11. The molecule has 0 aliphatic rings. The quantitative estimate of drug-likeness (QED) is 0.812. The highest BCUT2D eigenvalue weighted by molar-refractivity contribution is 7.93. The van der Waals surface area contributed by atoms with E-state index in [1.54, 1.807) is 19.9 Å². The zero-order valence-corrected chi connectivity index (χ0v) is 12.6. The first-order chi connectivity index (χ1) is 9.42. The van der Waals surface area contributed by atoms with Gasteiger partial charge < -0.3 is 10.5 Å². The van der Waals surface area contributed by atoms with Gasteiger partial charge in [-0.1, -0.05) is 11.3 Å². The first kappa shape index (κ1) is 14.5. The van der Waals surface area contributed by atoms with Crippen molar-refractivity contribution in [3.05, 3.63) is 23.2 Å². The third-order valence-corrected chi connectivity index (χ3v) is 4.55. The number of aryl methyl sites for hydroxylation is 1. The fourth-order valence-corrected chi connectivity index (χ4v) is 3.52. The number of ether oxygens (including phenoxy) is 1. The highest BCUT2D eigenvalue weighted by atomic mass is 32.2. The van der Waals surface area contributed by atoms with Crippen LogP contribution in [0.5, 0.6) is 5.75 Å². The number of benzene rings is 1. The second-order valence-electron chi connectivity index (χ2n) is 3.87. The molecule has 0 saturated heterocycles. The Hall–Kier alpha value is -1.87. The van der Waals surface area contributed by atoms with Gasteiger partial charge in [0.2, 0.25) is 5.13 Å². The number of hydrogen-bond acceptors (Lipinski definition) is 7. The third kappa shape index (κ3) is 3.17. The van der Waals surface area contributed by atoms with Crippen molar-refractivity contribution in [3.8, 4) is 5.75 Å². The maximum absolute atomic E-state index is 12.4. The number of rotatable bonds is 5. The molecule has 0 aliphatic heterocycles. The van der Waals surface area contributed by atoms with E-state index >= 15 is 0 Å². The molecule has 0 bridgehead atoms. The van der Waals surface area contributed by atoms with E-state index in [0.29, 0.717) is 17.3 Å². The van der Waals surface area contributed by atoms with Crippen LogP contribution in [0.4, 0.5) is 10.8 Å². The van der Waals surface area contributed by atoms with Crippen LogP contribution in [-0.2, 0) is 10.0 Å². The van der Waals surface area contributed by atoms with Gasteiger partial charge in [-0.2, -0.15) is 0 Å². The van der Waals surface area contributed by atoms with Crippen LogP contribution in [0.1, 0.15) is 11.9 Å². The lowest BCUT2D eigenvalue weighted by Crippen LogP contribution is -2.14. The van der Waals surface area contributed by atoms with Crippen molar-refractivity contribution in [2.24, 2.45) is 0 Å².